The summed E-state index contributed by atoms with van der Waals surface area (Å²) >= 11 is 0. The molecule has 1 heterocycles. The minimum absolute atomic E-state index is 0.0852. The normalized spacial score (nSPS) is 22.5. The molecule has 0 radical (unpaired) electrons. The van der Waals surface area contributed by atoms with Crippen molar-refractivity contribution in [3.63, 3.8) is 0 Å². The Bertz CT molecular complexity index is 471. The SMILES string of the molecule is CC1(CNC(=O)Cc2cccc(F)c2F)CCCN1. The highest BCUT2D eigenvalue weighted by Gasteiger charge is 2.28. The molecule has 104 valence electrons. The minimum Gasteiger partial charge on any atom is -0.354 e. The molecule has 0 aliphatic carbocycles. The monoisotopic (exact) mass is 268 g/mol. The Labute approximate surface area is 111 Å². The fourth-order valence-electron chi connectivity index (χ4n) is 2.32. The van der Waals surface area contributed by atoms with Crippen LogP contribution in [0.2, 0.25) is 0 Å². The van der Waals surface area contributed by atoms with Gasteiger partial charge >= 0.3 is 0 Å². The van der Waals surface area contributed by atoms with E-state index in [1.165, 1.54) is 12.1 Å². The van der Waals surface area contributed by atoms with Gasteiger partial charge in [0.25, 0.3) is 0 Å². The van der Waals surface area contributed by atoms with E-state index in [4.69, 9.17) is 0 Å². The number of carbonyl (C=O) groups excluding carboxylic acids is 1. The van der Waals surface area contributed by atoms with Gasteiger partial charge in [0.2, 0.25) is 5.91 Å². The number of halogens is 2. The van der Waals surface area contributed by atoms with Crippen molar-refractivity contribution in [1.29, 1.82) is 0 Å². The van der Waals surface area contributed by atoms with Crippen LogP contribution in [0.1, 0.15) is 25.3 Å². The summed E-state index contributed by atoms with van der Waals surface area (Å²) in [7, 11) is 0. The molecular formula is C14H18F2N2O. The lowest BCUT2D eigenvalue weighted by Crippen LogP contribution is -2.47. The van der Waals surface area contributed by atoms with Crippen LogP contribution < -0.4 is 10.6 Å². The van der Waals surface area contributed by atoms with Crippen molar-refractivity contribution in [2.24, 2.45) is 0 Å². The van der Waals surface area contributed by atoms with E-state index in [1.807, 2.05) is 6.92 Å². The van der Waals surface area contributed by atoms with Crippen LogP contribution in [0.25, 0.3) is 0 Å². The van der Waals surface area contributed by atoms with E-state index < -0.39 is 11.6 Å². The summed E-state index contributed by atoms with van der Waals surface area (Å²) < 4.78 is 26.4. The Morgan fingerprint density at radius 2 is 2.26 bits per heavy atom. The molecule has 1 amide bonds. The average molecular weight is 268 g/mol. The Balaban J connectivity index is 1.89. The van der Waals surface area contributed by atoms with E-state index in [1.54, 1.807) is 0 Å². The fraction of sp³-hybridized carbons (Fsp3) is 0.500. The molecule has 2 N–H and O–H groups in total. The van der Waals surface area contributed by atoms with Gasteiger partial charge in [-0.25, -0.2) is 8.78 Å². The molecule has 1 aromatic carbocycles. The van der Waals surface area contributed by atoms with Gasteiger partial charge in [-0.05, 0) is 32.4 Å². The van der Waals surface area contributed by atoms with Gasteiger partial charge in [-0.1, -0.05) is 12.1 Å². The lowest BCUT2D eigenvalue weighted by molar-refractivity contribution is -0.120. The molecule has 1 aromatic rings. The fourth-order valence-corrected chi connectivity index (χ4v) is 2.32. The molecule has 1 unspecified atom stereocenters. The zero-order chi connectivity index (χ0) is 13.9. The average Bonchev–Trinajstić information content (AvgIpc) is 2.80. The summed E-state index contributed by atoms with van der Waals surface area (Å²) in [5, 5.41) is 6.09. The van der Waals surface area contributed by atoms with Gasteiger partial charge in [-0.15, -0.1) is 0 Å². The van der Waals surface area contributed by atoms with Gasteiger partial charge in [0.05, 0.1) is 6.42 Å². The minimum atomic E-state index is -0.942. The Morgan fingerprint density at radius 1 is 1.47 bits per heavy atom. The molecule has 5 heteroatoms. The summed E-state index contributed by atoms with van der Waals surface area (Å²) in [6.07, 6.45) is 1.95. The summed E-state index contributed by atoms with van der Waals surface area (Å²) in [4.78, 5) is 11.7. The molecule has 0 bridgehead atoms. The molecule has 3 nitrogen and oxygen atoms in total. The second-order valence-corrected chi connectivity index (χ2v) is 5.26. The number of nitrogens with one attached hydrogen (secondary N) is 2. The predicted octanol–water partition coefficient (Wildman–Crippen LogP) is 1.77. The molecule has 1 saturated heterocycles. The highest BCUT2D eigenvalue weighted by atomic mass is 19.2. The zero-order valence-corrected chi connectivity index (χ0v) is 10.9. The van der Waals surface area contributed by atoms with Crippen LogP contribution in [0.15, 0.2) is 18.2 Å². The second-order valence-electron chi connectivity index (χ2n) is 5.26. The number of hydrogen-bond donors (Lipinski definition) is 2. The molecule has 1 aliphatic rings. The Morgan fingerprint density at radius 3 is 2.95 bits per heavy atom. The number of amides is 1. The number of benzene rings is 1. The van der Waals surface area contributed by atoms with Gasteiger partial charge in [0, 0.05) is 17.6 Å². The zero-order valence-electron chi connectivity index (χ0n) is 10.9. The molecular weight excluding hydrogens is 250 g/mol. The van der Waals surface area contributed by atoms with E-state index in [0.717, 1.165) is 25.5 Å². The van der Waals surface area contributed by atoms with Crippen LogP contribution in [-0.2, 0) is 11.2 Å². The van der Waals surface area contributed by atoms with Crippen molar-refractivity contribution in [2.45, 2.75) is 31.7 Å². The Hall–Kier alpha value is -1.49. The largest absolute Gasteiger partial charge is 0.354 e. The number of carbonyl (C=O) groups is 1. The summed E-state index contributed by atoms with van der Waals surface area (Å²) in [6.45, 7) is 3.50. The van der Waals surface area contributed by atoms with Crippen molar-refractivity contribution in [1.82, 2.24) is 10.6 Å². The third-order valence-corrected chi connectivity index (χ3v) is 3.52. The lowest BCUT2D eigenvalue weighted by atomic mass is 10.0. The number of hydrogen-bond acceptors (Lipinski definition) is 2. The molecule has 0 aromatic heterocycles. The summed E-state index contributed by atoms with van der Waals surface area (Å²) in [5.41, 5.74) is -0.00194. The summed E-state index contributed by atoms with van der Waals surface area (Å²) in [6, 6.07) is 3.87. The molecule has 1 aliphatic heterocycles. The van der Waals surface area contributed by atoms with Crippen LogP contribution in [0.5, 0.6) is 0 Å². The second kappa shape index (κ2) is 5.65. The molecule has 1 fully saturated rings. The maximum atomic E-state index is 13.4. The highest BCUT2D eigenvalue weighted by molar-refractivity contribution is 5.78. The van der Waals surface area contributed by atoms with Crippen LogP contribution >= 0.6 is 0 Å². The summed E-state index contributed by atoms with van der Waals surface area (Å²) in [5.74, 6) is -2.16. The van der Waals surface area contributed by atoms with Crippen LogP contribution in [0, 0.1) is 11.6 Å². The first-order valence-corrected chi connectivity index (χ1v) is 6.45. The van der Waals surface area contributed by atoms with E-state index >= 15 is 0 Å². The lowest BCUT2D eigenvalue weighted by Gasteiger charge is -2.24. The van der Waals surface area contributed by atoms with Crippen LogP contribution in [-0.4, -0.2) is 24.5 Å². The van der Waals surface area contributed by atoms with Gasteiger partial charge in [-0.3, -0.25) is 4.79 Å². The van der Waals surface area contributed by atoms with Crippen molar-refractivity contribution in [3.05, 3.63) is 35.4 Å². The first kappa shape index (κ1) is 13.9. The molecule has 0 spiro atoms. The van der Waals surface area contributed by atoms with Gasteiger partial charge < -0.3 is 10.6 Å². The van der Waals surface area contributed by atoms with E-state index in [0.29, 0.717) is 6.54 Å². The number of rotatable bonds is 4. The quantitative estimate of drug-likeness (QED) is 0.873. The van der Waals surface area contributed by atoms with E-state index in [-0.39, 0.29) is 23.4 Å². The van der Waals surface area contributed by atoms with Crippen molar-refractivity contribution in [3.8, 4) is 0 Å². The van der Waals surface area contributed by atoms with Gasteiger partial charge in [-0.2, -0.15) is 0 Å². The first-order chi connectivity index (χ1) is 9.00. The molecule has 0 saturated carbocycles. The Kier molecular flexibility index (Phi) is 4.14. The standard InChI is InChI=1S/C14H18F2N2O/c1-14(6-3-7-18-14)9-17-12(19)8-10-4-2-5-11(15)13(10)16/h2,4-5,18H,3,6-9H2,1H3,(H,17,19). The maximum absolute atomic E-state index is 13.4. The first-order valence-electron chi connectivity index (χ1n) is 6.45. The molecule has 1 atom stereocenters. The maximum Gasteiger partial charge on any atom is 0.224 e. The van der Waals surface area contributed by atoms with Crippen molar-refractivity contribution >= 4 is 5.91 Å². The van der Waals surface area contributed by atoms with Crippen molar-refractivity contribution in [2.75, 3.05) is 13.1 Å². The molecule has 2 rings (SSSR count). The van der Waals surface area contributed by atoms with Crippen molar-refractivity contribution < 1.29 is 13.6 Å². The van der Waals surface area contributed by atoms with Crippen LogP contribution in [0.3, 0.4) is 0 Å². The van der Waals surface area contributed by atoms with E-state index in [9.17, 15) is 13.6 Å². The third kappa shape index (κ3) is 3.50. The van der Waals surface area contributed by atoms with Gasteiger partial charge in [0.15, 0.2) is 11.6 Å². The predicted molar refractivity (Wildman–Crippen MR) is 68.7 cm³/mol. The topological polar surface area (TPSA) is 41.1 Å². The highest BCUT2D eigenvalue weighted by Crippen LogP contribution is 2.17. The molecule has 19 heavy (non-hydrogen) atoms. The van der Waals surface area contributed by atoms with Crippen LogP contribution in [0.4, 0.5) is 8.78 Å². The van der Waals surface area contributed by atoms with E-state index in [2.05, 4.69) is 10.6 Å². The smallest absolute Gasteiger partial charge is 0.224 e. The van der Waals surface area contributed by atoms with Gasteiger partial charge in [0.1, 0.15) is 0 Å². The third-order valence-electron chi connectivity index (χ3n) is 3.52.